The van der Waals surface area contributed by atoms with Crippen LogP contribution in [0.3, 0.4) is 0 Å². The van der Waals surface area contributed by atoms with Crippen LogP contribution in [0.1, 0.15) is 16.8 Å². The quantitative estimate of drug-likeness (QED) is 0.876. The van der Waals surface area contributed by atoms with Gasteiger partial charge in [-0.1, -0.05) is 6.07 Å². The number of nitrogens with zero attached hydrogens (tertiary/aromatic N) is 2. The molecule has 1 heterocycles. The molecule has 1 N–H and O–H groups in total. The van der Waals surface area contributed by atoms with Crippen molar-refractivity contribution in [2.75, 3.05) is 7.05 Å². The molecule has 1 aromatic carbocycles. The SMILES string of the molecule is CNCc1cn(Cc2cc(F)ccc2C)cn1. The van der Waals surface area contributed by atoms with Gasteiger partial charge in [-0.2, -0.15) is 0 Å². The molecule has 90 valence electrons. The van der Waals surface area contributed by atoms with E-state index in [1.807, 2.05) is 24.7 Å². The van der Waals surface area contributed by atoms with Crippen LogP contribution in [0.2, 0.25) is 0 Å². The summed E-state index contributed by atoms with van der Waals surface area (Å²) in [5.74, 6) is -0.193. The Morgan fingerprint density at radius 3 is 3.00 bits per heavy atom. The third-order valence-electron chi connectivity index (χ3n) is 2.71. The maximum Gasteiger partial charge on any atom is 0.123 e. The highest BCUT2D eigenvalue weighted by molar-refractivity contribution is 5.26. The molecule has 2 aromatic rings. The Morgan fingerprint density at radius 1 is 1.41 bits per heavy atom. The molecule has 0 aliphatic carbocycles. The van der Waals surface area contributed by atoms with E-state index in [0.29, 0.717) is 6.54 Å². The maximum atomic E-state index is 13.1. The summed E-state index contributed by atoms with van der Waals surface area (Å²) < 4.78 is 15.1. The summed E-state index contributed by atoms with van der Waals surface area (Å²) >= 11 is 0. The normalized spacial score (nSPS) is 10.8. The van der Waals surface area contributed by atoms with Gasteiger partial charge in [-0.15, -0.1) is 0 Å². The molecule has 0 saturated carbocycles. The number of rotatable bonds is 4. The largest absolute Gasteiger partial charge is 0.333 e. The average molecular weight is 233 g/mol. The highest BCUT2D eigenvalue weighted by Gasteiger charge is 2.03. The zero-order valence-corrected chi connectivity index (χ0v) is 10.1. The molecule has 3 nitrogen and oxygen atoms in total. The van der Waals surface area contributed by atoms with Crippen LogP contribution in [-0.2, 0) is 13.1 Å². The van der Waals surface area contributed by atoms with Crippen LogP contribution < -0.4 is 5.32 Å². The number of hydrogen-bond acceptors (Lipinski definition) is 2. The lowest BCUT2D eigenvalue weighted by atomic mass is 10.1. The zero-order valence-electron chi connectivity index (χ0n) is 10.1. The van der Waals surface area contributed by atoms with Gasteiger partial charge in [-0.3, -0.25) is 0 Å². The number of imidazole rings is 1. The first kappa shape index (κ1) is 11.8. The van der Waals surface area contributed by atoms with Crippen molar-refractivity contribution in [2.45, 2.75) is 20.0 Å². The number of halogens is 1. The monoisotopic (exact) mass is 233 g/mol. The number of hydrogen-bond donors (Lipinski definition) is 1. The summed E-state index contributed by atoms with van der Waals surface area (Å²) in [6, 6.07) is 4.86. The van der Waals surface area contributed by atoms with Crippen LogP contribution in [-0.4, -0.2) is 16.6 Å². The number of nitrogens with one attached hydrogen (secondary N) is 1. The third kappa shape index (κ3) is 2.91. The molecule has 0 unspecified atom stereocenters. The van der Waals surface area contributed by atoms with Crippen LogP contribution >= 0.6 is 0 Å². The smallest absolute Gasteiger partial charge is 0.123 e. The van der Waals surface area contributed by atoms with Gasteiger partial charge >= 0.3 is 0 Å². The fourth-order valence-corrected chi connectivity index (χ4v) is 1.77. The van der Waals surface area contributed by atoms with Crippen molar-refractivity contribution in [3.05, 3.63) is 53.4 Å². The number of aromatic nitrogens is 2. The van der Waals surface area contributed by atoms with E-state index in [9.17, 15) is 4.39 Å². The molecule has 0 fully saturated rings. The molecule has 0 aliphatic rings. The fourth-order valence-electron chi connectivity index (χ4n) is 1.77. The standard InChI is InChI=1S/C13H16FN3/c1-10-3-4-12(14)5-11(10)7-17-8-13(6-15-2)16-9-17/h3-5,8-9,15H,6-7H2,1-2H3. The van der Waals surface area contributed by atoms with E-state index in [4.69, 9.17) is 0 Å². The Hall–Kier alpha value is -1.68. The van der Waals surface area contributed by atoms with Gasteiger partial charge in [0, 0.05) is 19.3 Å². The molecular weight excluding hydrogens is 217 g/mol. The van der Waals surface area contributed by atoms with E-state index in [0.717, 1.165) is 23.4 Å². The molecule has 2 rings (SSSR count). The van der Waals surface area contributed by atoms with Crippen molar-refractivity contribution in [3.63, 3.8) is 0 Å². The fraction of sp³-hybridized carbons (Fsp3) is 0.308. The minimum absolute atomic E-state index is 0.193. The average Bonchev–Trinajstić information content (AvgIpc) is 2.72. The first-order valence-electron chi connectivity index (χ1n) is 5.59. The predicted octanol–water partition coefficient (Wildman–Crippen LogP) is 2.10. The summed E-state index contributed by atoms with van der Waals surface area (Å²) in [5.41, 5.74) is 3.07. The van der Waals surface area contributed by atoms with Gasteiger partial charge in [-0.25, -0.2) is 9.37 Å². The molecule has 0 saturated heterocycles. The predicted molar refractivity (Wildman–Crippen MR) is 65.2 cm³/mol. The van der Waals surface area contributed by atoms with E-state index >= 15 is 0 Å². The minimum Gasteiger partial charge on any atom is -0.333 e. The van der Waals surface area contributed by atoms with E-state index in [1.165, 1.54) is 6.07 Å². The van der Waals surface area contributed by atoms with Crippen LogP contribution in [0.4, 0.5) is 4.39 Å². The Balaban J connectivity index is 2.16. The lowest BCUT2D eigenvalue weighted by molar-refractivity contribution is 0.622. The summed E-state index contributed by atoms with van der Waals surface area (Å²) in [5, 5.41) is 3.05. The second-order valence-corrected chi connectivity index (χ2v) is 4.14. The van der Waals surface area contributed by atoms with Gasteiger partial charge in [0.2, 0.25) is 0 Å². The van der Waals surface area contributed by atoms with Crippen LogP contribution in [0.25, 0.3) is 0 Å². The molecule has 0 radical (unpaired) electrons. The Labute approximate surface area is 100 Å². The minimum atomic E-state index is -0.193. The molecule has 17 heavy (non-hydrogen) atoms. The second-order valence-electron chi connectivity index (χ2n) is 4.14. The molecule has 0 atom stereocenters. The number of aryl methyl sites for hydroxylation is 1. The third-order valence-corrected chi connectivity index (χ3v) is 2.71. The van der Waals surface area contributed by atoms with Gasteiger partial charge in [0.1, 0.15) is 5.82 Å². The van der Waals surface area contributed by atoms with Crippen LogP contribution in [0.15, 0.2) is 30.7 Å². The summed E-state index contributed by atoms with van der Waals surface area (Å²) in [6.07, 6.45) is 3.75. The van der Waals surface area contributed by atoms with Crippen molar-refractivity contribution in [1.29, 1.82) is 0 Å². The molecular formula is C13H16FN3. The summed E-state index contributed by atoms with van der Waals surface area (Å²) in [7, 11) is 1.88. The zero-order chi connectivity index (χ0) is 12.3. The van der Waals surface area contributed by atoms with Gasteiger partial charge in [-0.05, 0) is 37.2 Å². The first-order valence-corrected chi connectivity index (χ1v) is 5.59. The summed E-state index contributed by atoms with van der Waals surface area (Å²) in [4.78, 5) is 4.26. The Bertz CT molecular complexity index is 505. The second kappa shape index (κ2) is 5.10. The number of benzene rings is 1. The van der Waals surface area contributed by atoms with Crippen molar-refractivity contribution >= 4 is 0 Å². The van der Waals surface area contributed by atoms with E-state index in [1.54, 1.807) is 18.5 Å². The molecule has 4 heteroatoms. The molecule has 0 bridgehead atoms. The van der Waals surface area contributed by atoms with Gasteiger partial charge in [0.15, 0.2) is 0 Å². The molecule has 1 aromatic heterocycles. The molecule has 0 spiro atoms. The molecule has 0 amide bonds. The van der Waals surface area contributed by atoms with Crippen molar-refractivity contribution < 1.29 is 4.39 Å². The van der Waals surface area contributed by atoms with E-state index in [-0.39, 0.29) is 5.82 Å². The topological polar surface area (TPSA) is 29.9 Å². The molecule has 0 aliphatic heterocycles. The maximum absolute atomic E-state index is 13.1. The van der Waals surface area contributed by atoms with Crippen LogP contribution in [0.5, 0.6) is 0 Å². The van der Waals surface area contributed by atoms with Crippen molar-refractivity contribution in [1.82, 2.24) is 14.9 Å². The van der Waals surface area contributed by atoms with Gasteiger partial charge in [0.25, 0.3) is 0 Å². The highest BCUT2D eigenvalue weighted by Crippen LogP contribution is 2.12. The Kier molecular flexibility index (Phi) is 3.54. The lowest BCUT2D eigenvalue weighted by Crippen LogP contribution is -2.05. The van der Waals surface area contributed by atoms with Crippen molar-refractivity contribution in [2.24, 2.45) is 0 Å². The van der Waals surface area contributed by atoms with E-state index in [2.05, 4.69) is 10.3 Å². The van der Waals surface area contributed by atoms with Gasteiger partial charge in [0.05, 0.1) is 12.0 Å². The van der Waals surface area contributed by atoms with E-state index < -0.39 is 0 Å². The van der Waals surface area contributed by atoms with Gasteiger partial charge < -0.3 is 9.88 Å². The highest BCUT2D eigenvalue weighted by atomic mass is 19.1. The summed E-state index contributed by atoms with van der Waals surface area (Å²) in [6.45, 7) is 3.38. The lowest BCUT2D eigenvalue weighted by Gasteiger charge is -2.06. The first-order chi connectivity index (χ1) is 8.19. The van der Waals surface area contributed by atoms with Crippen molar-refractivity contribution in [3.8, 4) is 0 Å². The van der Waals surface area contributed by atoms with Crippen LogP contribution in [0, 0.1) is 12.7 Å². The Morgan fingerprint density at radius 2 is 2.24 bits per heavy atom.